The summed E-state index contributed by atoms with van der Waals surface area (Å²) in [6.45, 7) is 6.18. The van der Waals surface area contributed by atoms with E-state index in [-0.39, 0.29) is 6.10 Å². The summed E-state index contributed by atoms with van der Waals surface area (Å²) >= 11 is 0. The molecule has 0 bridgehead atoms. The molecular formula is C14H21NO. The minimum Gasteiger partial charge on any atom is -0.491 e. The quantitative estimate of drug-likeness (QED) is 0.845. The first-order valence-electron chi connectivity index (χ1n) is 6.10. The second-order valence-corrected chi connectivity index (χ2v) is 5.10. The van der Waals surface area contributed by atoms with Crippen molar-refractivity contribution in [1.29, 1.82) is 0 Å². The average molecular weight is 219 g/mol. The highest BCUT2D eigenvalue weighted by atomic mass is 16.5. The van der Waals surface area contributed by atoms with Crippen LogP contribution < -0.4 is 10.5 Å². The van der Waals surface area contributed by atoms with Crippen molar-refractivity contribution in [2.75, 3.05) is 0 Å². The molecule has 1 aliphatic rings. The van der Waals surface area contributed by atoms with Gasteiger partial charge < -0.3 is 10.5 Å². The first kappa shape index (κ1) is 11.5. The molecule has 1 aromatic carbocycles. The summed E-state index contributed by atoms with van der Waals surface area (Å²) in [6, 6.07) is 8.78. The van der Waals surface area contributed by atoms with Crippen molar-refractivity contribution >= 4 is 0 Å². The van der Waals surface area contributed by atoms with Crippen LogP contribution in [0.1, 0.15) is 38.7 Å². The number of benzene rings is 1. The molecule has 0 radical (unpaired) electrons. The lowest BCUT2D eigenvalue weighted by molar-refractivity contribution is 0.242. The Morgan fingerprint density at radius 2 is 1.81 bits per heavy atom. The zero-order chi connectivity index (χ0) is 11.7. The van der Waals surface area contributed by atoms with Gasteiger partial charge in [-0.2, -0.15) is 0 Å². The number of hydrogen-bond donors (Lipinski definition) is 1. The van der Waals surface area contributed by atoms with Gasteiger partial charge in [0.15, 0.2) is 0 Å². The van der Waals surface area contributed by atoms with E-state index in [2.05, 4.69) is 31.2 Å². The third-order valence-electron chi connectivity index (χ3n) is 3.20. The Balaban J connectivity index is 1.98. The number of ether oxygens (including phenoxy) is 1. The fourth-order valence-electron chi connectivity index (χ4n) is 2.24. The Morgan fingerprint density at radius 1 is 1.19 bits per heavy atom. The van der Waals surface area contributed by atoms with Gasteiger partial charge in [0.25, 0.3) is 0 Å². The predicted octanol–water partition coefficient (Wildman–Crippen LogP) is 2.92. The van der Waals surface area contributed by atoms with Gasteiger partial charge in [0.1, 0.15) is 5.75 Å². The van der Waals surface area contributed by atoms with Gasteiger partial charge in [-0.1, -0.05) is 12.1 Å². The maximum atomic E-state index is 5.90. The van der Waals surface area contributed by atoms with E-state index in [1.54, 1.807) is 0 Å². The Bertz CT molecular complexity index is 342. The molecule has 16 heavy (non-hydrogen) atoms. The highest BCUT2D eigenvalue weighted by Gasteiger charge is 2.40. The Kier molecular flexibility index (Phi) is 3.20. The second-order valence-electron chi connectivity index (χ2n) is 5.10. The van der Waals surface area contributed by atoms with Crippen molar-refractivity contribution in [3.05, 3.63) is 29.8 Å². The van der Waals surface area contributed by atoms with Crippen molar-refractivity contribution in [2.45, 2.75) is 45.3 Å². The molecule has 1 saturated carbocycles. The second kappa shape index (κ2) is 4.46. The molecule has 2 rings (SSSR count). The van der Waals surface area contributed by atoms with Gasteiger partial charge in [0, 0.05) is 6.04 Å². The molecule has 3 atom stereocenters. The summed E-state index contributed by atoms with van der Waals surface area (Å²) in [5.74, 6) is 2.31. The first-order valence-corrected chi connectivity index (χ1v) is 6.10. The molecule has 0 spiro atoms. The molecule has 2 nitrogen and oxygen atoms in total. The summed E-state index contributed by atoms with van der Waals surface area (Å²) < 4.78 is 5.62. The minimum absolute atomic E-state index is 0.239. The Morgan fingerprint density at radius 3 is 2.25 bits per heavy atom. The highest BCUT2D eigenvalue weighted by Crippen LogP contribution is 2.49. The van der Waals surface area contributed by atoms with Gasteiger partial charge in [0.2, 0.25) is 0 Å². The van der Waals surface area contributed by atoms with E-state index in [0.717, 1.165) is 5.75 Å². The molecule has 2 heteroatoms. The zero-order valence-corrected chi connectivity index (χ0v) is 10.3. The van der Waals surface area contributed by atoms with Crippen LogP contribution in [0.3, 0.4) is 0 Å². The molecule has 1 aliphatic carbocycles. The number of rotatable bonds is 4. The normalized spacial score (nSPS) is 25.6. The van der Waals surface area contributed by atoms with Gasteiger partial charge in [-0.15, -0.1) is 0 Å². The smallest absolute Gasteiger partial charge is 0.119 e. The van der Waals surface area contributed by atoms with Crippen LogP contribution in [-0.4, -0.2) is 12.1 Å². The van der Waals surface area contributed by atoms with E-state index < -0.39 is 0 Å². The number of nitrogens with two attached hydrogens (primary N) is 1. The van der Waals surface area contributed by atoms with Crippen molar-refractivity contribution in [1.82, 2.24) is 0 Å². The van der Waals surface area contributed by atoms with Crippen LogP contribution in [0.15, 0.2) is 24.3 Å². The lowest BCUT2D eigenvalue weighted by atomic mass is 10.1. The van der Waals surface area contributed by atoms with Gasteiger partial charge in [0.05, 0.1) is 6.10 Å². The lowest BCUT2D eigenvalue weighted by Crippen LogP contribution is -2.17. The van der Waals surface area contributed by atoms with Crippen molar-refractivity contribution in [2.24, 2.45) is 11.7 Å². The molecule has 0 aliphatic heterocycles. The molecule has 88 valence electrons. The van der Waals surface area contributed by atoms with Crippen LogP contribution in [-0.2, 0) is 0 Å². The molecule has 3 unspecified atom stereocenters. The standard InChI is InChI=1S/C14H21NO/c1-9(2)16-12-6-4-11(5-7-12)14-8-13(14)10(3)15/h4-7,9-10,13-14H,8,15H2,1-3H3. The summed E-state index contributed by atoms with van der Waals surface area (Å²) in [5, 5.41) is 0. The molecule has 1 fully saturated rings. The van der Waals surface area contributed by atoms with Crippen LogP contribution in [0.4, 0.5) is 0 Å². The summed E-state index contributed by atoms with van der Waals surface area (Å²) in [6.07, 6.45) is 1.48. The van der Waals surface area contributed by atoms with E-state index in [0.29, 0.717) is 17.9 Å². The van der Waals surface area contributed by atoms with Crippen molar-refractivity contribution < 1.29 is 4.74 Å². The summed E-state index contributed by atoms with van der Waals surface area (Å²) in [4.78, 5) is 0. The van der Waals surface area contributed by atoms with E-state index in [1.165, 1.54) is 12.0 Å². The molecule has 1 aromatic rings. The number of hydrogen-bond acceptors (Lipinski definition) is 2. The minimum atomic E-state index is 0.239. The Hall–Kier alpha value is -1.02. The van der Waals surface area contributed by atoms with Gasteiger partial charge >= 0.3 is 0 Å². The van der Waals surface area contributed by atoms with Gasteiger partial charge in [-0.25, -0.2) is 0 Å². The van der Waals surface area contributed by atoms with Gasteiger partial charge in [-0.3, -0.25) is 0 Å². The molecule has 2 N–H and O–H groups in total. The highest BCUT2D eigenvalue weighted by molar-refractivity contribution is 5.33. The topological polar surface area (TPSA) is 35.2 Å². The van der Waals surface area contributed by atoms with Crippen LogP contribution >= 0.6 is 0 Å². The lowest BCUT2D eigenvalue weighted by Gasteiger charge is -2.10. The van der Waals surface area contributed by atoms with Crippen LogP contribution in [0.25, 0.3) is 0 Å². The van der Waals surface area contributed by atoms with Crippen LogP contribution in [0, 0.1) is 5.92 Å². The van der Waals surface area contributed by atoms with Crippen molar-refractivity contribution in [3.8, 4) is 5.75 Å². The fourth-order valence-corrected chi connectivity index (χ4v) is 2.24. The van der Waals surface area contributed by atoms with Crippen LogP contribution in [0.5, 0.6) is 5.75 Å². The average Bonchev–Trinajstić information content (AvgIpc) is 2.97. The SMILES string of the molecule is CC(C)Oc1ccc(C2CC2C(C)N)cc1. The monoisotopic (exact) mass is 219 g/mol. The zero-order valence-electron chi connectivity index (χ0n) is 10.3. The van der Waals surface area contributed by atoms with Crippen LogP contribution in [0.2, 0.25) is 0 Å². The third kappa shape index (κ3) is 2.56. The summed E-state index contributed by atoms with van der Waals surface area (Å²) in [5.41, 5.74) is 7.30. The third-order valence-corrected chi connectivity index (χ3v) is 3.20. The fraction of sp³-hybridized carbons (Fsp3) is 0.571. The molecule has 0 aromatic heterocycles. The molecule has 0 heterocycles. The molecule has 0 amide bonds. The summed E-state index contributed by atoms with van der Waals surface area (Å²) in [7, 11) is 0. The van der Waals surface area contributed by atoms with E-state index >= 15 is 0 Å². The van der Waals surface area contributed by atoms with E-state index in [9.17, 15) is 0 Å². The van der Waals surface area contributed by atoms with Crippen molar-refractivity contribution in [3.63, 3.8) is 0 Å². The first-order chi connectivity index (χ1) is 7.58. The molecule has 0 saturated heterocycles. The Labute approximate surface area is 97.8 Å². The predicted molar refractivity (Wildman–Crippen MR) is 66.7 cm³/mol. The van der Waals surface area contributed by atoms with Gasteiger partial charge in [-0.05, 0) is 56.7 Å². The van der Waals surface area contributed by atoms with E-state index in [1.807, 2.05) is 13.8 Å². The molecular weight excluding hydrogens is 198 g/mol. The largest absolute Gasteiger partial charge is 0.491 e. The maximum Gasteiger partial charge on any atom is 0.119 e. The van der Waals surface area contributed by atoms with E-state index in [4.69, 9.17) is 10.5 Å². The maximum absolute atomic E-state index is 5.90.